The van der Waals surface area contributed by atoms with Crippen LogP contribution in [0.2, 0.25) is 0 Å². The van der Waals surface area contributed by atoms with Crippen molar-refractivity contribution in [1.82, 2.24) is 5.32 Å². The summed E-state index contributed by atoms with van der Waals surface area (Å²) in [5.74, 6) is 1.18. The first-order chi connectivity index (χ1) is 7.47. The van der Waals surface area contributed by atoms with E-state index in [1.165, 1.54) is 0 Å². The Morgan fingerprint density at radius 2 is 2.00 bits per heavy atom. The van der Waals surface area contributed by atoms with Gasteiger partial charge in [-0.05, 0) is 37.5 Å². The third-order valence-electron chi connectivity index (χ3n) is 3.53. The molecule has 3 heteroatoms. The molecule has 3 nitrogen and oxygen atoms in total. The van der Waals surface area contributed by atoms with Crippen LogP contribution in [-0.4, -0.2) is 23.2 Å². The summed E-state index contributed by atoms with van der Waals surface area (Å²) in [5.41, 5.74) is -0.335. The summed E-state index contributed by atoms with van der Waals surface area (Å²) in [6, 6.07) is 0. The van der Waals surface area contributed by atoms with Crippen molar-refractivity contribution in [1.29, 1.82) is 0 Å². The van der Waals surface area contributed by atoms with Crippen molar-refractivity contribution in [3.05, 3.63) is 0 Å². The average molecular weight is 227 g/mol. The quantitative estimate of drug-likeness (QED) is 0.772. The van der Waals surface area contributed by atoms with E-state index >= 15 is 0 Å². The minimum absolute atomic E-state index is 0.0730. The van der Waals surface area contributed by atoms with Crippen LogP contribution in [0, 0.1) is 11.8 Å². The lowest BCUT2D eigenvalue weighted by atomic mass is 9.77. The minimum Gasteiger partial charge on any atom is -0.394 e. The molecule has 1 rings (SSSR count). The number of amides is 1. The van der Waals surface area contributed by atoms with Crippen LogP contribution in [0.5, 0.6) is 0 Å². The molecule has 16 heavy (non-hydrogen) atoms. The van der Waals surface area contributed by atoms with Crippen LogP contribution in [0.3, 0.4) is 0 Å². The zero-order valence-corrected chi connectivity index (χ0v) is 10.8. The summed E-state index contributed by atoms with van der Waals surface area (Å²) < 4.78 is 0. The van der Waals surface area contributed by atoms with Crippen molar-refractivity contribution in [3.8, 4) is 0 Å². The number of aliphatic hydroxyl groups excluding tert-OH is 1. The molecule has 0 radical (unpaired) electrons. The maximum absolute atomic E-state index is 11.7. The highest BCUT2D eigenvalue weighted by Crippen LogP contribution is 2.31. The van der Waals surface area contributed by atoms with Gasteiger partial charge in [-0.3, -0.25) is 4.79 Å². The monoisotopic (exact) mass is 227 g/mol. The van der Waals surface area contributed by atoms with Gasteiger partial charge in [-0.1, -0.05) is 20.8 Å². The van der Waals surface area contributed by atoms with Gasteiger partial charge in [-0.2, -0.15) is 0 Å². The van der Waals surface area contributed by atoms with Crippen molar-refractivity contribution >= 4 is 5.91 Å². The van der Waals surface area contributed by atoms with E-state index in [1.54, 1.807) is 0 Å². The van der Waals surface area contributed by atoms with Gasteiger partial charge in [-0.15, -0.1) is 0 Å². The lowest BCUT2D eigenvalue weighted by Crippen LogP contribution is -2.53. The number of rotatable bonds is 4. The Bertz CT molecular complexity index is 230. The van der Waals surface area contributed by atoms with Crippen molar-refractivity contribution < 1.29 is 9.90 Å². The SMILES string of the molecule is CC(C)CC(=O)NC1(CO)CCC(C)CC1. The van der Waals surface area contributed by atoms with E-state index in [-0.39, 0.29) is 18.1 Å². The minimum atomic E-state index is -0.335. The first-order valence-corrected chi connectivity index (χ1v) is 6.39. The molecule has 0 atom stereocenters. The zero-order chi connectivity index (χ0) is 12.2. The Kier molecular flexibility index (Phi) is 4.78. The van der Waals surface area contributed by atoms with Crippen molar-refractivity contribution in [2.24, 2.45) is 11.8 Å². The lowest BCUT2D eigenvalue weighted by Gasteiger charge is -2.39. The van der Waals surface area contributed by atoms with E-state index in [9.17, 15) is 9.90 Å². The number of hydrogen-bond donors (Lipinski definition) is 2. The topological polar surface area (TPSA) is 49.3 Å². The Morgan fingerprint density at radius 1 is 1.44 bits per heavy atom. The van der Waals surface area contributed by atoms with E-state index in [0.717, 1.165) is 31.6 Å². The van der Waals surface area contributed by atoms with Gasteiger partial charge in [0.2, 0.25) is 5.91 Å². The molecule has 1 amide bonds. The summed E-state index contributed by atoms with van der Waals surface area (Å²) in [6.45, 7) is 6.38. The second-order valence-corrected chi connectivity index (χ2v) is 5.77. The standard InChI is InChI=1S/C13H25NO2/c1-10(2)8-12(16)14-13(9-15)6-4-11(3)5-7-13/h10-11,15H,4-9H2,1-3H3,(H,14,16). The molecule has 0 heterocycles. The second-order valence-electron chi connectivity index (χ2n) is 5.77. The Hall–Kier alpha value is -0.570. The van der Waals surface area contributed by atoms with Crippen LogP contribution in [-0.2, 0) is 4.79 Å². The molecule has 0 aliphatic heterocycles. The second kappa shape index (κ2) is 5.67. The predicted molar refractivity (Wildman–Crippen MR) is 65.0 cm³/mol. The average Bonchev–Trinajstić information content (AvgIpc) is 2.21. The molecule has 2 N–H and O–H groups in total. The van der Waals surface area contributed by atoms with Gasteiger partial charge in [-0.25, -0.2) is 0 Å². The molecule has 0 saturated heterocycles. The molecular formula is C13H25NO2. The zero-order valence-electron chi connectivity index (χ0n) is 10.8. The first-order valence-electron chi connectivity index (χ1n) is 6.39. The molecule has 1 aliphatic rings. The van der Waals surface area contributed by atoms with E-state index in [2.05, 4.69) is 12.2 Å². The fourth-order valence-electron chi connectivity index (χ4n) is 2.35. The van der Waals surface area contributed by atoms with E-state index in [4.69, 9.17) is 0 Å². The maximum Gasteiger partial charge on any atom is 0.220 e. The molecule has 0 aromatic rings. The highest BCUT2D eigenvalue weighted by Gasteiger charge is 2.34. The van der Waals surface area contributed by atoms with Gasteiger partial charge in [0.1, 0.15) is 0 Å². The Labute approximate surface area is 98.6 Å². The summed E-state index contributed by atoms with van der Waals surface area (Å²) in [4.78, 5) is 11.7. The summed E-state index contributed by atoms with van der Waals surface area (Å²) in [7, 11) is 0. The maximum atomic E-state index is 11.7. The Morgan fingerprint density at radius 3 is 2.44 bits per heavy atom. The highest BCUT2D eigenvalue weighted by atomic mass is 16.3. The third-order valence-corrected chi connectivity index (χ3v) is 3.53. The van der Waals surface area contributed by atoms with Crippen LogP contribution in [0.15, 0.2) is 0 Å². The number of hydrogen-bond acceptors (Lipinski definition) is 2. The van der Waals surface area contributed by atoms with Gasteiger partial charge in [0, 0.05) is 6.42 Å². The van der Waals surface area contributed by atoms with Gasteiger partial charge in [0.25, 0.3) is 0 Å². The Balaban J connectivity index is 2.50. The van der Waals surface area contributed by atoms with E-state index in [0.29, 0.717) is 12.3 Å². The smallest absolute Gasteiger partial charge is 0.220 e. The molecule has 0 aromatic heterocycles. The summed E-state index contributed by atoms with van der Waals surface area (Å²) >= 11 is 0. The van der Waals surface area contributed by atoms with Crippen LogP contribution in [0.1, 0.15) is 52.9 Å². The predicted octanol–water partition coefficient (Wildman–Crippen LogP) is 2.09. The molecule has 0 aromatic carbocycles. The van der Waals surface area contributed by atoms with Gasteiger partial charge < -0.3 is 10.4 Å². The molecule has 1 fully saturated rings. The van der Waals surface area contributed by atoms with Crippen molar-refractivity contribution in [3.63, 3.8) is 0 Å². The lowest BCUT2D eigenvalue weighted by molar-refractivity contribution is -0.125. The van der Waals surface area contributed by atoms with Gasteiger partial charge >= 0.3 is 0 Å². The number of nitrogens with one attached hydrogen (secondary N) is 1. The van der Waals surface area contributed by atoms with E-state index < -0.39 is 0 Å². The first kappa shape index (κ1) is 13.5. The molecule has 0 spiro atoms. The summed E-state index contributed by atoms with van der Waals surface area (Å²) in [5, 5.41) is 12.5. The number of aliphatic hydroxyl groups is 1. The fraction of sp³-hybridized carbons (Fsp3) is 0.923. The van der Waals surface area contributed by atoms with Crippen LogP contribution >= 0.6 is 0 Å². The van der Waals surface area contributed by atoms with Crippen LogP contribution < -0.4 is 5.32 Å². The fourth-order valence-corrected chi connectivity index (χ4v) is 2.35. The molecule has 1 aliphatic carbocycles. The summed E-state index contributed by atoms with van der Waals surface area (Å²) in [6.07, 6.45) is 4.57. The van der Waals surface area contributed by atoms with Crippen molar-refractivity contribution in [2.45, 2.75) is 58.4 Å². The molecule has 0 bridgehead atoms. The van der Waals surface area contributed by atoms with Crippen molar-refractivity contribution in [2.75, 3.05) is 6.61 Å². The normalized spacial score (nSPS) is 30.4. The van der Waals surface area contributed by atoms with Gasteiger partial charge in [0.15, 0.2) is 0 Å². The molecule has 94 valence electrons. The van der Waals surface area contributed by atoms with Crippen LogP contribution in [0.4, 0.5) is 0 Å². The third kappa shape index (κ3) is 3.78. The molecule has 1 saturated carbocycles. The molecule has 0 unspecified atom stereocenters. The largest absolute Gasteiger partial charge is 0.394 e. The number of carbonyl (C=O) groups is 1. The number of carbonyl (C=O) groups excluding carboxylic acids is 1. The van der Waals surface area contributed by atoms with E-state index in [1.807, 2.05) is 13.8 Å². The highest BCUT2D eigenvalue weighted by molar-refractivity contribution is 5.77. The van der Waals surface area contributed by atoms with Gasteiger partial charge in [0.05, 0.1) is 12.1 Å². The molecular weight excluding hydrogens is 202 g/mol. The van der Waals surface area contributed by atoms with Crippen LogP contribution in [0.25, 0.3) is 0 Å².